The number of rotatable bonds is 12. The molecular weight excluding hydrogens is 296 g/mol. The maximum absolute atomic E-state index is 11.9. The highest BCUT2D eigenvalue weighted by Gasteiger charge is 2.04. The quantitative estimate of drug-likeness (QED) is 0.430. The molecule has 0 bridgehead atoms. The van der Waals surface area contributed by atoms with Gasteiger partial charge in [0.1, 0.15) is 0 Å². The molecule has 0 saturated heterocycles. The van der Waals surface area contributed by atoms with Crippen molar-refractivity contribution in [2.75, 3.05) is 11.9 Å². The molecule has 0 aliphatic rings. The van der Waals surface area contributed by atoms with Crippen molar-refractivity contribution in [3.8, 4) is 0 Å². The van der Waals surface area contributed by atoms with Crippen LogP contribution in [-0.4, -0.2) is 12.6 Å². The van der Waals surface area contributed by atoms with Gasteiger partial charge in [-0.2, -0.15) is 0 Å². The van der Waals surface area contributed by atoms with Crippen LogP contribution < -0.4 is 10.6 Å². The highest BCUT2D eigenvalue weighted by atomic mass is 16.2. The van der Waals surface area contributed by atoms with Gasteiger partial charge in [-0.25, -0.2) is 4.79 Å². The smallest absolute Gasteiger partial charge is 0.319 e. The molecule has 1 rings (SSSR count). The zero-order chi connectivity index (χ0) is 17.6. The molecule has 0 spiro atoms. The number of nitrogens with one attached hydrogen (secondary N) is 2. The van der Waals surface area contributed by atoms with Crippen LogP contribution in [0.5, 0.6) is 0 Å². The number of hydrogen-bond acceptors (Lipinski definition) is 1. The third-order valence-electron chi connectivity index (χ3n) is 4.67. The fourth-order valence-electron chi connectivity index (χ4n) is 2.87. The van der Waals surface area contributed by atoms with E-state index in [4.69, 9.17) is 0 Å². The fraction of sp³-hybridized carbons (Fsp3) is 0.667. The number of unbranched alkanes of at least 4 members (excludes halogenated alkanes) is 9. The second-order valence-electron chi connectivity index (χ2n) is 6.81. The van der Waals surface area contributed by atoms with E-state index in [0.29, 0.717) is 0 Å². The van der Waals surface area contributed by atoms with Crippen molar-refractivity contribution < 1.29 is 4.79 Å². The van der Waals surface area contributed by atoms with E-state index in [1.54, 1.807) is 0 Å². The van der Waals surface area contributed by atoms with Gasteiger partial charge in [0.15, 0.2) is 0 Å². The zero-order valence-corrected chi connectivity index (χ0v) is 15.9. The molecule has 0 saturated carbocycles. The minimum atomic E-state index is -0.0976. The third kappa shape index (κ3) is 8.95. The first-order valence-electron chi connectivity index (χ1n) is 9.76. The van der Waals surface area contributed by atoms with Crippen LogP contribution in [-0.2, 0) is 0 Å². The molecule has 3 nitrogen and oxygen atoms in total. The minimum absolute atomic E-state index is 0.0976. The van der Waals surface area contributed by atoms with E-state index in [0.717, 1.165) is 24.2 Å². The first-order chi connectivity index (χ1) is 11.6. The first-order valence-corrected chi connectivity index (χ1v) is 9.76. The van der Waals surface area contributed by atoms with E-state index in [-0.39, 0.29) is 6.03 Å². The van der Waals surface area contributed by atoms with Crippen molar-refractivity contribution in [2.45, 2.75) is 85.0 Å². The molecule has 2 N–H and O–H groups in total. The Morgan fingerprint density at radius 2 is 1.46 bits per heavy atom. The summed E-state index contributed by atoms with van der Waals surface area (Å²) in [6, 6.07) is 5.88. The van der Waals surface area contributed by atoms with Gasteiger partial charge in [0.25, 0.3) is 0 Å². The molecule has 1 aromatic rings. The van der Waals surface area contributed by atoms with Crippen molar-refractivity contribution in [3.63, 3.8) is 0 Å². The van der Waals surface area contributed by atoms with Crippen molar-refractivity contribution in [1.29, 1.82) is 0 Å². The molecule has 0 atom stereocenters. The van der Waals surface area contributed by atoms with Gasteiger partial charge in [0, 0.05) is 12.2 Å². The molecule has 136 valence electrons. The summed E-state index contributed by atoms with van der Waals surface area (Å²) < 4.78 is 0. The molecule has 0 aliphatic carbocycles. The van der Waals surface area contributed by atoms with Crippen LogP contribution in [0.15, 0.2) is 18.2 Å². The molecule has 0 heterocycles. The van der Waals surface area contributed by atoms with Gasteiger partial charge in [-0.15, -0.1) is 0 Å². The maximum atomic E-state index is 11.9. The number of hydrogen-bond donors (Lipinski definition) is 2. The number of carbonyl (C=O) groups excluding carboxylic acids is 1. The predicted octanol–water partition coefficient (Wildman–Crippen LogP) is 6.35. The number of aryl methyl sites for hydroxylation is 1. The van der Waals surface area contributed by atoms with E-state index in [9.17, 15) is 4.79 Å². The van der Waals surface area contributed by atoms with Crippen molar-refractivity contribution in [3.05, 3.63) is 29.3 Å². The number of anilines is 1. The van der Waals surface area contributed by atoms with Crippen LogP contribution in [0.3, 0.4) is 0 Å². The number of urea groups is 1. The van der Waals surface area contributed by atoms with E-state index >= 15 is 0 Å². The van der Waals surface area contributed by atoms with Gasteiger partial charge < -0.3 is 10.6 Å². The van der Waals surface area contributed by atoms with Crippen molar-refractivity contribution >= 4 is 11.7 Å². The average molecular weight is 333 g/mol. The summed E-state index contributed by atoms with van der Waals surface area (Å²) in [5.41, 5.74) is 3.23. The molecule has 2 amide bonds. The van der Waals surface area contributed by atoms with Gasteiger partial charge in [-0.05, 0) is 37.5 Å². The molecule has 0 fully saturated rings. The van der Waals surface area contributed by atoms with Gasteiger partial charge in [-0.1, -0.05) is 76.8 Å². The maximum Gasteiger partial charge on any atom is 0.319 e. The molecule has 3 heteroatoms. The Hall–Kier alpha value is -1.51. The van der Waals surface area contributed by atoms with Crippen LogP contribution >= 0.6 is 0 Å². The summed E-state index contributed by atoms with van der Waals surface area (Å²) in [5, 5.41) is 5.89. The number of carbonyl (C=O) groups is 1. The van der Waals surface area contributed by atoms with E-state index in [1.165, 1.54) is 63.4 Å². The van der Waals surface area contributed by atoms with Crippen LogP contribution in [0.4, 0.5) is 10.5 Å². The second kappa shape index (κ2) is 12.9. The topological polar surface area (TPSA) is 41.1 Å². The second-order valence-corrected chi connectivity index (χ2v) is 6.81. The summed E-state index contributed by atoms with van der Waals surface area (Å²) in [6.07, 6.45) is 13.1. The highest BCUT2D eigenvalue weighted by molar-refractivity contribution is 5.90. The summed E-state index contributed by atoms with van der Waals surface area (Å²) >= 11 is 0. The van der Waals surface area contributed by atoms with E-state index in [1.807, 2.05) is 19.1 Å². The summed E-state index contributed by atoms with van der Waals surface area (Å²) in [6.45, 7) is 7.11. The first kappa shape index (κ1) is 20.5. The van der Waals surface area contributed by atoms with Gasteiger partial charge in [0.05, 0.1) is 0 Å². The monoisotopic (exact) mass is 332 g/mol. The van der Waals surface area contributed by atoms with E-state index < -0.39 is 0 Å². The lowest BCUT2D eigenvalue weighted by Crippen LogP contribution is -2.29. The molecular formula is C21H36N2O. The normalized spacial score (nSPS) is 10.6. The predicted molar refractivity (Wildman–Crippen MR) is 105 cm³/mol. The molecule has 0 aromatic heterocycles. The Balaban J connectivity index is 1.99. The van der Waals surface area contributed by atoms with Crippen molar-refractivity contribution in [2.24, 2.45) is 0 Å². The summed E-state index contributed by atoms with van der Waals surface area (Å²) in [5.74, 6) is 0. The van der Waals surface area contributed by atoms with Crippen molar-refractivity contribution in [1.82, 2.24) is 5.32 Å². The fourth-order valence-corrected chi connectivity index (χ4v) is 2.87. The Kier molecular flexibility index (Phi) is 11.0. The van der Waals surface area contributed by atoms with Crippen LogP contribution in [0, 0.1) is 13.8 Å². The Morgan fingerprint density at radius 3 is 2.08 bits per heavy atom. The summed E-state index contributed by atoms with van der Waals surface area (Å²) in [7, 11) is 0. The Morgan fingerprint density at radius 1 is 0.875 bits per heavy atom. The van der Waals surface area contributed by atoms with Crippen LogP contribution in [0.1, 0.15) is 82.3 Å². The SMILES string of the molecule is CCCCCCCCCCCCNC(=O)Nc1cccc(C)c1C. The minimum Gasteiger partial charge on any atom is -0.338 e. The summed E-state index contributed by atoms with van der Waals surface area (Å²) in [4.78, 5) is 11.9. The van der Waals surface area contributed by atoms with Gasteiger partial charge in [-0.3, -0.25) is 0 Å². The largest absolute Gasteiger partial charge is 0.338 e. The lowest BCUT2D eigenvalue weighted by Gasteiger charge is -2.11. The zero-order valence-electron chi connectivity index (χ0n) is 15.9. The number of amides is 2. The molecule has 24 heavy (non-hydrogen) atoms. The Bertz CT molecular complexity index is 471. The van der Waals surface area contributed by atoms with Crippen LogP contribution in [0.2, 0.25) is 0 Å². The lowest BCUT2D eigenvalue weighted by molar-refractivity contribution is 0.252. The standard InChI is InChI=1S/C21H36N2O/c1-4-5-6-7-8-9-10-11-12-13-17-22-21(24)23-20-16-14-15-18(2)19(20)3/h14-16H,4-13,17H2,1-3H3,(H2,22,23,24). The third-order valence-corrected chi connectivity index (χ3v) is 4.67. The Labute approximate surface area is 148 Å². The van der Waals surface area contributed by atoms with Crippen LogP contribution in [0.25, 0.3) is 0 Å². The van der Waals surface area contributed by atoms with Gasteiger partial charge >= 0.3 is 6.03 Å². The lowest BCUT2D eigenvalue weighted by atomic mass is 10.1. The molecule has 0 radical (unpaired) electrons. The highest BCUT2D eigenvalue weighted by Crippen LogP contribution is 2.17. The number of benzene rings is 1. The molecule has 0 unspecified atom stereocenters. The van der Waals surface area contributed by atoms with E-state index in [2.05, 4.69) is 30.5 Å². The average Bonchev–Trinajstić information content (AvgIpc) is 2.57. The molecule has 1 aromatic carbocycles. The molecule has 0 aliphatic heterocycles. The van der Waals surface area contributed by atoms with Gasteiger partial charge in [0.2, 0.25) is 0 Å².